The molecule has 5 nitrogen and oxygen atoms in total. The molecule has 0 bridgehead atoms. The highest BCUT2D eigenvalue weighted by molar-refractivity contribution is 5.98. The Morgan fingerprint density at radius 2 is 1.96 bits per heavy atom. The maximum atomic E-state index is 12.5. The summed E-state index contributed by atoms with van der Waals surface area (Å²) >= 11 is 0. The summed E-state index contributed by atoms with van der Waals surface area (Å²) in [7, 11) is 1.38. The van der Waals surface area contributed by atoms with Crippen LogP contribution >= 0.6 is 0 Å². The minimum atomic E-state index is -2.93. The number of aryl methyl sites for hydroxylation is 1. The SMILES string of the molecule is COc1ccc(CCNC(=O)c2cc3ccc(C)cc3[nH]2)cc1OC(F)F. The van der Waals surface area contributed by atoms with Gasteiger partial charge < -0.3 is 19.8 Å². The number of carbonyl (C=O) groups is 1. The number of benzene rings is 2. The van der Waals surface area contributed by atoms with E-state index in [0.29, 0.717) is 18.7 Å². The van der Waals surface area contributed by atoms with E-state index in [1.807, 2.05) is 25.1 Å². The normalized spacial score (nSPS) is 11.0. The zero-order valence-corrected chi connectivity index (χ0v) is 15.0. The third-order valence-corrected chi connectivity index (χ3v) is 4.17. The standard InChI is InChI=1S/C20H20F2N2O3/c1-12-3-5-14-11-16(24-15(14)9-12)19(25)23-8-7-13-4-6-17(26-2)18(10-13)27-20(21)22/h3-6,9-11,20,24H,7-8H2,1-2H3,(H,23,25). The van der Waals surface area contributed by atoms with E-state index in [4.69, 9.17) is 4.74 Å². The summed E-state index contributed by atoms with van der Waals surface area (Å²) in [5.41, 5.74) is 3.24. The van der Waals surface area contributed by atoms with E-state index in [-0.39, 0.29) is 17.4 Å². The van der Waals surface area contributed by atoms with E-state index >= 15 is 0 Å². The molecule has 0 radical (unpaired) electrons. The fourth-order valence-electron chi connectivity index (χ4n) is 2.84. The molecule has 0 fully saturated rings. The number of H-pyrrole nitrogens is 1. The van der Waals surface area contributed by atoms with Crippen molar-refractivity contribution in [3.8, 4) is 11.5 Å². The molecule has 2 N–H and O–H groups in total. The summed E-state index contributed by atoms with van der Waals surface area (Å²) in [4.78, 5) is 15.4. The van der Waals surface area contributed by atoms with Crippen molar-refractivity contribution in [3.63, 3.8) is 0 Å². The molecule has 0 atom stereocenters. The molecule has 0 saturated carbocycles. The number of methoxy groups -OCH3 is 1. The summed E-state index contributed by atoms with van der Waals surface area (Å²) in [6.45, 7) is -0.589. The number of nitrogens with one attached hydrogen (secondary N) is 2. The molecule has 0 spiro atoms. The first-order valence-electron chi connectivity index (χ1n) is 8.45. The Kier molecular flexibility index (Phi) is 5.59. The summed E-state index contributed by atoms with van der Waals surface area (Å²) in [6, 6.07) is 12.5. The van der Waals surface area contributed by atoms with Crippen LogP contribution in [-0.2, 0) is 6.42 Å². The second-order valence-electron chi connectivity index (χ2n) is 6.14. The average molecular weight is 374 g/mol. The number of alkyl halides is 2. The number of amides is 1. The van der Waals surface area contributed by atoms with Crippen molar-refractivity contribution in [2.24, 2.45) is 0 Å². The molecule has 1 heterocycles. The number of rotatable bonds is 7. The molecule has 0 unspecified atom stereocenters. The Morgan fingerprint density at radius 3 is 2.70 bits per heavy atom. The first-order chi connectivity index (χ1) is 13.0. The Hall–Kier alpha value is -3.09. The summed E-state index contributed by atoms with van der Waals surface area (Å²) < 4.78 is 34.5. The molecule has 27 heavy (non-hydrogen) atoms. The monoisotopic (exact) mass is 374 g/mol. The summed E-state index contributed by atoms with van der Waals surface area (Å²) in [5.74, 6) is -0.0137. The van der Waals surface area contributed by atoms with Gasteiger partial charge in [0.2, 0.25) is 0 Å². The minimum absolute atomic E-state index is 0.0256. The van der Waals surface area contributed by atoms with Gasteiger partial charge in [0.25, 0.3) is 5.91 Å². The van der Waals surface area contributed by atoms with Crippen molar-refractivity contribution in [2.45, 2.75) is 20.0 Å². The van der Waals surface area contributed by atoms with Gasteiger partial charge in [0.1, 0.15) is 5.69 Å². The molecule has 0 saturated heterocycles. The lowest BCUT2D eigenvalue weighted by atomic mass is 10.1. The second kappa shape index (κ2) is 8.07. The van der Waals surface area contributed by atoms with Crippen molar-refractivity contribution in [1.82, 2.24) is 10.3 Å². The zero-order chi connectivity index (χ0) is 19.4. The summed E-state index contributed by atoms with van der Waals surface area (Å²) in [5, 5.41) is 3.79. The van der Waals surface area contributed by atoms with Crippen LogP contribution in [0, 0.1) is 6.92 Å². The van der Waals surface area contributed by atoms with Crippen LogP contribution in [0.2, 0.25) is 0 Å². The lowest BCUT2D eigenvalue weighted by Gasteiger charge is -2.11. The van der Waals surface area contributed by atoms with Crippen LogP contribution in [0.25, 0.3) is 10.9 Å². The van der Waals surface area contributed by atoms with Gasteiger partial charge in [0, 0.05) is 17.4 Å². The number of fused-ring (bicyclic) bond motifs is 1. The van der Waals surface area contributed by atoms with Crippen LogP contribution in [0.15, 0.2) is 42.5 Å². The van der Waals surface area contributed by atoms with E-state index in [2.05, 4.69) is 15.0 Å². The number of hydrogen-bond acceptors (Lipinski definition) is 3. The van der Waals surface area contributed by atoms with Crippen LogP contribution in [0.3, 0.4) is 0 Å². The maximum absolute atomic E-state index is 12.5. The predicted molar refractivity (Wildman–Crippen MR) is 98.7 cm³/mol. The quantitative estimate of drug-likeness (QED) is 0.656. The Labute approximate surface area is 155 Å². The summed E-state index contributed by atoms with van der Waals surface area (Å²) in [6.07, 6.45) is 0.467. The minimum Gasteiger partial charge on any atom is -0.493 e. The van der Waals surface area contributed by atoms with Crippen molar-refractivity contribution in [2.75, 3.05) is 13.7 Å². The molecule has 0 aliphatic carbocycles. The van der Waals surface area contributed by atoms with E-state index < -0.39 is 6.61 Å². The van der Waals surface area contributed by atoms with Crippen molar-refractivity contribution in [3.05, 3.63) is 59.3 Å². The first-order valence-corrected chi connectivity index (χ1v) is 8.45. The highest BCUT2D eigenvalue weighted by Crippen LogP contribution is 2.29. The number of carbonyl (C=O) groups excluding carboxylic acids is 1. The third kappa shape index (κ3) is 4.55. The maximum Gasteiger partial charge on any atom is 0.387 e. The topological polar surface area (TPSA) is 63.3 Å². The van der Waals surface area contributed by atoms with Gasteiger partial charge in [-0.1, -0.05) is 18.2 Å². The van der Waals surface area contributed by atoms with Gasteiger partial charge in [-0.2, -0.15) is 8.78 Å². The molecule has 0 aliphatic rings. The van der Waals surface area contributed by atoms with Crippen LogP contribution in [-0.4, -0.2) is 31.2 Å². The van der Waals surface area contributed by atoms with Crippen molar-refractivity contribution < 1.29 is 23.0 Å². The number of aromatic nitrogens is 1. The fourth-order valence-corrected chi connectivity index (χ4v) is 2.84. The second-order valence-corrected chi connectivity index (χ2v) is 6.14. The smallest absolute Gasteiger partial charge is 0.387 e. The van der Waals surface area contributed by atoms with Gasteiger partial charge in [-0.25, -0.2) is 0 Å². The van der Waals surface area contributed by atoms with E-state index in [0.717, 1.165) is 22.0 Å². The first kappa shape index (κ1) is 18.7. The fraction of sp³-hybridized carbons (Fsp3) is 0.250. The van der Waals surface area contributed by atoms with Crippen LogP contribution in [0.4, 0.5) is 8.78 Å². The molecule has 1 aromatic heterocycles. The molecule has 1 amide bonds. The lowest BCUT2D eigenvalue weighted by Crippen LogP contribution is -2.25. The van der Waals surface area contributed by atoms with Gasteiger partial charge in [-0.3, -0.25) is 4.79 Å². The lowest BCUT2D eigenvalue weighted by molar-refractivity contribution is -0.0512. The Morgan fingerprint density at radius 1 is 1.15 bits per heavy atom. The molecular formula is C20H20F2N2O3. The Bertz CT molecular complexity index is 954. The number of ether oxygens (including phenoxy) is 2. The molecule has 142 valence electrons. The van der Waals surface area contributed by atoms with Gasteiger partial charge in [0.05, 0.1) is 7.11 Å². The Balaban J connectivity index is 1.62. The average Bonchev–Trinajstić information content (AvgIpc) is 3.04. The molecular weight excluding hydrogens is 354 g/mol. The molecule has 2 aromatic carbocycles. The molecule has 3 rings (SSSR count). The van der Waals surface area contributed by atoms with Crippen LogP contribution < -0.4 is 14.8 Å². The van der Waals surface area contributed by atoms with Crippen molar-refractivity contribution >= 4 is 16.8 Å². The highest BCUT2D eigenvalue weighted by Gasteiger charge is 2.12. The van der Waals surface area contributed by atoms with Gasteiger partial charge in [-0.15, -0.1) is 0 Å². The van der Waals surface area contributed by atoms with E-state index in [9.17, 15) is 13.6 Å². The third-order valence-electron chi connectivity index (χ3n) is 4.17. The van der Waals surface area contributed by atoms with Crippen LogP contribution in [0.1, 0.15) is 21.6 Å². The van der Waals surface area contributed by atoms with Crippen LogP contribution in [0.5, 0.6) is 11.5 Å². The number of aromatic amines is 1. The van der Waals surface area contributed by atoms with E-state index in [1.165, 1.54) is 13.2 Å². The van der Waals surface area contributed by atoms with Gasteiger partial charge >= 0.3 is 6.61 Å². The zero-order valence-electron chi connectivity index (χ0n) is 15.0. The molecule has 3 aromatic rings. The predicted octanol–water partition coefficient (Wildman–Crippen LogP) is 4.06. The van der Waals surface area contributed by atoms with Crippen molar-refractivity contribution in [1.29, 1.82) is 0 Å². The van der Waals surface area contributed by atoms with Gasteiger partial charge in [-0.05, 0) is 48.7 Å². The number of hydrogen-bond donors (Lipinski definition) is 2. The van der Waals surface area contributed by atoms with Gasteiger partial charge in [0.15, 0.2) is 11.5 Å². The molecule has 0 aliphatic heterocycles. The molecule has 7 heteroatoms. The van der Waals surface area contributed by atoms with E-state index in [1.54, 1.807) is 18.2 Å². The largest absolute Gasteiger partial charge is 0.493 e. The number of halogens is 2. The highest BCUT2D eigenvalue weighted by atomic mass is 19.3.